The van der Waals surface area contributed by atoms with Crippen molar-refractivity contribution in [2.24, 2.45) is 7.05 Å². The Hall–Kier alpha value is -1.62. The zero-order chi connectivity index (χ0) is 11.5. The van der Waals surface area contributed by atoms with Gasteiger partial charge in [0.05, 0.1) is 17.3 Å². The highest BCUT2D eigenvalue weighted by Crippen LogP contribution is 2.22. The number of halogens is 2. The number of rotatable bonds is 3. The average molecular weight is 241 g/mol. The maximum Gasteiger partial charge on any atom is 0.145 e. The normalized spacial score (nSPS) is 10.4. The van der Waals surface area contributed by atoms with Gasteiger partial charge in [-0.25, -0.2) is 9.37 Å². The van der Waals surface area contributed by atoms with Gasteiger partial charge in [0.15, 0.2) is 0 Å². The molecule has 84 valence electrons. The van der Waals surface area contributed by atoms with Crippen molar-refractivity contribution in [1.82, 2.24) is 14.8 Å². The van der Waals surface area contributed by atoms with Gasteiger partial charge in [-0.1, -0.05) is 11.6 Å². The predicted octanol–water partition coefficient (Wildman–Crippen LogP) is 2.22. The van der Waals surface area contributed by atoms with Gasteiger partial charge in [-0.2, -0.15) is 5.10 Å². The molecule has 0 aliphatic heterocycles. The van der Waals surface area contributed by atoms with Gasteiger partial charge in [-0.05, 0) is 18.2 Å². The first-order valence-corrected chi connectivity index (χ1v) is 5.06. The quantitative estimate of drug-likeness (QED) is 0.895. The van der Waals surface area contributed by atoms with E-state index in [1.165, 1.54) is 18.5 Å². The van der Waals surface area contributed by atoms with E-state index in [1.54, 1.807) is 17.8 Å². The van der Waals surface area contributed by atoms with Crippen molar-refractivity contribution < 1.29 is 4.39 Å². The van der Waals surface area contributed by atoms with Crippen LogP contribution < -0.4 is 5.32 Å². The number of nitrogens with zero attached hydrogens (tertiary/aromatic N) is 3. The Morgan fingerprint density at radius 1 is 1.50 bits per heavy atom. The molecule has 0 bridgehead atoms. The third kappa shape index (κ3) is 2.30. The lowest BCUT2D eigenvalue weighted by Crippen LogP contribution is -2.07. The summed E-state index contributed by atoms with van der Waals surface area (Å²) in [5.74, 6) is 0.426. The maximum absolute atomic E-state index is 12.8. The molecule has 0 radical (unpaired) electrons. The number of anilines is 1. The molecule has 4 nitrogen and oxygen atoms in total. The molecule has 1 aromatic heterocycles. The van der Waals surface area contributed by atoms with Crippen LogP contribution in [0.1, 0.15) is 5.82 Å². The molecule has 0 saturated carbocycles. The molecule has 0 aliphatic carbocycles. The molecule has 0 spiro atoms. The predicted molar refractivity (Wildman–Crippen MR) is 59.7 cm³/mol. The summed E-state index contributed by atoms with van der Waals surface area (Å²) in [5.41, 5.74) is 0.672. The van der Waals surface area contributed by atoms with E-state index in [2.05, 4.69) is 15.4 Å². The van der Waals surface area contributed by atoms with Crippen molar-refractivity contribution >= 4 is 17.3 Å². The van der Waals surface area contributed by atoms with E-state index < -0.39 is 0 Å². The van der Waals surface area contributed by atoms with Gasteiger partial charge >= 0.3 is 0 Å². The fourth-order valence-corrected chi connectivity index (χ4v) is 1.52. The molecule has 0 unspecified atom stereocenters. The van der Waals surface area contributed by atoms with Gasteiger partial charge < -0.3 is 5.32 Å². The van der Waals surface area contributed by atoms with Crippen LogP contribution in [0.3, 0.4) is 0 Å². The van der Waals surface area contributed by atoms with Gasteiger partial charge in [-0.15, -0.1) is 0 Å². The van der Waals surface area contributed by atoms with Crippen LogP contribution in [0.5, 0.6) is 0 Å². The summed E-state index contributed by atoms with van der Waals surface area (Å²) in [6, 6.07) is 4.21. The number of aryl methyl sites for hydroxylation is 1. The molecule has 0 amide bonds. The van der Waals surface area contributed by atoms with Crippen molar-refractivity contribution in [2.45, 2.75) is 6.54 Å². The average Bonchev–Trinajstić information content (AvgIpc) is 2.63. The Labute approximate surface area is 97.1 Å². The fourth-order valence-electron chi connectivity index (χ4n) is 1.29. The number of aromatic nitrogens is 3. The summed E-state index contributed by atoms with van der Waals surface area (Å²) in [5, 5.41) is 7.35. The second kappa shape index (κ2) is 4.49. The minimum atomic E-state index is -0.353. The van der Waals surface area contributed by atoms with Crippen molar-refractivity contribution in [3.63, 3.8) is 0 Å². The van der Waals surface area contributed by atoms with Crippen LogP contribution in [0.4, 0.5) is 10.1 Å². The zero-order valence-corrected chi connectivity index (χ0v) is 9.37. The lowest BCUT2D eigenvalue weighted by Gasteiger charge is -2.07. The molecule has 1 N–H and O–H groups in total. The second-order valence-corrected chi connectivity index (χ2v) is 3.68. The van der Waals surface area contributed by atoms with Gasteiger partial charge in [-0.3, -0.25) is 4.68 Å². The molecular weight excluding hydrogens is 231 g/mol. The van der Waals surface area contributed by atoms with E-state index in [4.69, 9.17) is 11.6 Å². The first kappa shape index (κ1) is 10.9. The summed E-state index contributed by atoms with van der Waals surface area (Å²) in [6.45, 7) is 0.488. The molecule has 0 atom stereocenters. The topological polar surface area (TPSA) is 42.7 Å². The first-order chi connectivity index (χ1) is 7.66. The third-order valence-electron chi connectivity index (χ3n) is 2.17. The minimum Gasteiger partial charge on any atom is -0.377 e. The second-order valence-electron chi connectivity index (χ2n) is 3.28. The van der Waals surface area contributed by atoms with Crippen LogP contribution >= 0.6 is 11.6 Å². The van der Waals surface area contributed by atoms with E-state index in [9.17, 15) is 4.39 Å². The summed E-state index contributed by atoms with van der Waals surface area (Å²) in [7, 11) is 1.80. The Morgan fingerprint density at radius 3 is 2.94 bits per heavy atom. The summed E-state index contributed by atoms with van der Waals surface area (Å²) in [4.78, 5) is 4.05. The monoisotopic (exact) mass is 240 g/mol. The van der Waals surface area contributed by atoms with Gasteiger partial charge in [0.1, 0.15) is 18.0 Å². The Morgan fingerprint density at radius 2 is 2.31 bits per heavy atom. The largest absolute Gasteiger partial charge is 0.377 e. The highest BCUT2D eigenvalue weighted by molar-refractivity contribution is 6.33. The van der Waals surface area contributed by atoms with E-state index in [0.717, 1.165) is 5.82 Å². The van der Waals surface area contributed by atoms with Crippen molar-refractivity contribution in [3.8, 4) is 0 Å². The maximum atomic E-state index is 12.8. The number of nitrogens with one attached hydrogen (secondary N) is 1. The molecule has 0 saturated heterocycles. The molecule has 2 aromatic rings. The van der Waals surface area contributed by atoms with Crippen LogP contribution in [0, 0.1) is 5.82 Å². The third-order valence-corrected chi connectivity index (χ3v) is 2.49. The van der Waals surface area contributed by atoms with Crippen molar-refractivity contribution in [1.29, 1.82) is 0 Å². The highest BCUT2D eigenvalue weighted by Gasteiger charge is 2.04. The van der Waals surface area contributed by atoms with E-state index in [0.29, 0.717) is 17.3 Å². The fraction of sp³-hybridized carbons (Fsp3) is 0.200. The summed E-state index contributed by atoms with van der Waals surface area (Å²) >= 11 is 5.86. The van der Waals surface area contributed by atoms with Gasteiger partial charge in [0, 0.05) is 7.05 Å². The summed E-state index contributed by atoms with van der Waals surface area (Å²) < 4.78 is 14.4. The number of hydrogen-bond donors (Lipinski definition) is 1. The van der Waals surface area contributed by atoms with Crippen LogP contribution in [0.2, 0.25) is 5.02 Å². The zero-order valence-electron chi connectivity index (χ0n) is 8.61. The SMILES string of the molecule is Cn1ncnc1CNc1ccc(F)cc1Cl. The Bertz CT molecular complexity index is 497. The van der Waals surface area contributed by atoms with E-state index in [-0.39, 0.29) is 5.82 Å². The van der Waals surface area contributed by atoms with Gasteiger partial charge in [0.2, 0.25) is 0 Å². The number of benzene rings is 1. The van der Waals surface area contributed by atoms with Crippen molar-refractivity contribution in [3.05, 3.63) is 41.2 Å². The summed E-state index contributed by atoms with van der Waals surface area (Å²) in [6.07, 6.45) is 1.48. The van der Waals surface area contributed by atoms with E-state index >= 15 is 0 Å². The Balaban J connectivity index is 2.08. The molecule has 0 aliphatic rings. The standard InChI is InChI=1S/C10H10ClFN4/c1-16-10(14-6-15-16)5-13-9-3-2-7(12)4-8(9)11/h2-4,6,13H,5H2,1H3. The van der Waals surface area contributed by atoms with Gasteiger partial charge in [0.25, 0.3) is 0 Å². The molecule has 6 heteroatoms. The highest BCUT2D eigenvalue weighted by atomic mass is 35.5. The number of hydrogen-bond acceptors (Lipinski definition) is 3. The van der Waals surface area contributed by atoms with Crippen LogP contribution in [0.15, 0.2) is 24.5 Å². The molecule has 1 heterocycles. The van der Waals surface area contributed by atoms with Crippen molar-refractivity contribution in [2.75, 3.05) is 5.32 Å². The minimum absolute atomic E-state index is 0.349. The Kier molecular flexibility index (Phi) is 3.05. The molecular formula is C10H10ClFN4. The first-order valence-electron chi connectivity index (χ1n) is 4.68. The molecule has 1 aromatic carbocycles. The molecule has 0 fully saturated rings. The van der Waals surface area contributed by atoms with Crippen LogP contribution in [0.25, 0.3) is 0 Å². The smallest absolute Gasteiger partial charge is 0.145 e. The van der Waals surface area contributed by atoms with Crippen LogP contribution in [-0.4, -0.2) is 14.8 Å². The lowest BCUT2D eigenvalue weighted by atomic mass is 10.3. The van der Waals surface area contributed by atoms with Crippen LogP contribution in [-0.2, 0) is 13.6 Å². The van der Waals surface area contributed by atoms with E-state index in [1.807, 2.05) is 0 Å². The molecule has 2 rings (SSSR count). The molecule has 16 heavy (non-hydrogen) atoms. The lowest BCUT2D eigenvalue weighted by molar-refractivity contribution is 0.628.